The standard InChI is InChI=1S/C13H10ClNO2/c14-11-7-3-1-5-9(11)10-6-2-4-8-12(10)17-13(15)16/h1-8H,(H2,15,16). The molecule has 0 saturated carbocycles. The zero-order chi connectivity index (χ0) is 12.3. The number of para-hydroxylation sites is 1. The molecule has 2 N–H and O–H groups in total. The molecular formula is C13H10ClNO2. The molecule has 0 bridgehead atoms. The van der Waals surface area contributed by atoms with Crippen LogP contribution in [0.25, 0.3) is 11.1 Å². The molecule has 0 saturated heterocycles. The monoisotopic (exact) mass is 247 g/mol. The van der Waals surface area contributed by atoms with Gasteiger partial charge in [-0.1, -0.05) is 48.0 Å². The number of carbonyl (C=O) groups is 1. The predicted octanol–water partition coefficient (Wildman–Crippen LogP) is 3.46. The van der Waals surface area contributed by atoms with Crippen LogP contribution in [0.2, 0.25) is 5.02 Å². The summed E-state index contributed by atoms with van der Waals surface area (Å²) in [5.41, 5.74) is 6.55. The number of hydrogen-bond acceptors (Lipinski definition) is 2. The summed E-state index contributed by atoms with van der Waals surface area (Å²) in [6.07, 6.45) is -0.843. The lowest BCUT2D eigenvalue weighted by Gasteiger charge is -2.09. The van der Waals surface area contributed by atoms with E-state index in [2.05, 4.69) is 0 Å². The Morgan fingerprint density at radius 1 is 1.00 bits per heavy atom. The maximum atomic E-state index is 10.8. The molecule has 0 radical (unpaired) electrons. The van der Waals surface area contributed by atoms with Gasteiger partial charge < -0.3 is 10.5 Å². The number of nitrogens with two attached hydrogens (primary N) is 1. The molecule has 86 valence electrons. The fraction of sp³-hybridized carbons (Fsp3) is 0. The van der Waals surface area contributed by atoms with Crippen LogP contribution in [0.4, 0.5) is 4.79 Å². The fourth-order valence-electron chi connectivity index (χ4n) is 1.57. The Kier molecular flexibility index (Phi) is 3.30. The fourth-order valence-corrected chi connectivity index (χ4v) is 1.80. The van der Waals surface area contributed by atoms with E-state index < -0.39 is 6.09 Å². The van der Waals surface area contributed by atoms with Crippen molar-refractivity contribution >= 4 is 17.7 Å². The van der Waals surface area contributed by atoms with E-state index in [0.717, 1.165) is 11.1 Å². The minimum absolute atomic E-state index is 0.396. The zero-order valence-electron chi connectivity index (χ0n) is 8.89. The molecule has 2 aromatic carbocycles. The van der Waals surface area contributed by atoms with Crippen molar-refractivity contribution in [2.45, 2.75) is 0 Å². The summed E-state index contributed by atoms with van der Waals surface area (Å²) in [5.74, 6) is 0.396. The zero-order valence-corrected chi connectivity index (χ0v) is 9.65. The lowest BCUT2D eigenvalue weighted by Crippen LogP contribution is -2.16. The molecule has 0 aromatic heterocycles. The second kappa shape index (κ2) is 4.89. The van der Waals surface area contributed by atoms with E-state index >= 15 is 0 Å². The van der Waals surface area contributed by atoms with E-state index in [4.69, 9.17) is 22.1 Å². The number of carbonyl (C=O) groups excluding carboxylic acids is 1. The third-order valence-corrected chi connectivity index (χ3v) is 2.59. The summed E-state index contributed by atoms with van der Waals surface area (Å²) in [5, 5.41) is 0.591. The molecule has 0 fully saturated rings. The number of ether oxygens (including phenoxy) is 1. The number of benzene rings is 2. The molecule has 2 aromatic rings. The van der Waals surface area contributed by atoms with Crippen LogP contribution < -0.4 is 10.5 Å². The molecule has 0 atom stereocenters. The number of amides is 1. The first kappa shape index (κ1) is 11.5. The molecule has 0 aliphatic rings. The van der Waals surface area contributed by atoms with Crippen LogP contribution in [0.1, 0.15) is 0 Å². The highest BCUT2D eigenvalue weighted by atomic mass is 35.5. The molecule has 17 heavy (non-hydrogen) atoms. The average Bonchev–Trinajstić information content (AvgIpc) is 2.30. The topological polar surface area (TPSA) is 52.3 Å². The van der Waals surface area contributed by atoms with Gasteiger partial charge in [0.1, 0.15) is 5.75 Å². The predicted molar refractivity (Wildman–Crippen MR) is 67.1 cm³/mol. The van der Waals surface area contributed by atoms with E-state index in [1.807, 2.05) is 30.3 Å². The van der Waals surface area contributed by atoms with Crippen molar-refractivity contribution in [1.82, 2.24) is 0 Å². The highest BCUT2D eigenvalue weighted by Crippen LogP contribution is 2.34. The van der Waals surface area contributed by atoms with Gasteiger partial charge in [-0.05, 0) is 12.1 Å². The SMILES string of the molecule is NC(=O)Oc1ccccc1-c1ccccc1Cl. The van der Waals surface area contributed by atoms with Crippen molar-refractivity contribution in [2.75, 3.05) is 0 Å². The van der Waals surface area contributed by atoms with Gasteiger partial charge in [-0.2, -0.15) is 0 Å². The highest BCUT2D eigenvalue weighted by molar-refractivity contribution is 6.33. The van der Waals surface area contributed by atoms with Crippen LogP contribution >= 0.6 is 11.6 Å². The maximum Gasteiger partial charge on any atom is 0.409 e. The lowest BCUT2D eigenvalue weighted by molar-refractivity contribution is 0.211. The maximum absolute atomic E-state index is 10.8. The normalized spacial score (nSPS) is 9.94. The smallest absolute Gasteiger partial charge is 0.409 e. The van der Waals surface area contributed by atoms with E-state index in [0.29, 0.717) is 10.8 Å². The van der Waals surface area contributed by atoms with E-state index in [-0.39, 0.29) is 0 Å². The van der Waals surface area contributed by atoms with Crippen LogP contribution in [-0.4, -0.2) is 6.09 Å². The molecule has 0 unspecified atom stereocenters. The van der Waals surface area contributed by atoms with E-state index in [9.17, 15) is 4.79 Å². The summed E-state index contributed by atoms with van der Waals surface area (Å²) in [6.45, 7) is 0. The van der Waals surface area contributed by atoms with E-state index in [1.165, 1.54) is 0 Å². The number of rotatable bonds is 2. The van der Waals surface area contributed by atoms with Crippen LogP contribution in [0.3, 0.4) is 0 Å². The Morgan fingerprint density at radius 3 is 2.24 bits per heavy atom. The molecule has 0 heterocycles. The van der Waals surface area contributed by atoms with Crippen LogP contribution in [0.5, 0.6) is 5.75 Å². The number of halogens is 1. The van der Waals surface area contributed by atoms with Crippen molar-refractivity contribution in [3.8, 4) is 16.9 Å². The first-order chi connectivity index (χ1) is 8.18. The van der Waals surface area contributed by atoms with Gasteiger partial charge in [-0.3, -0.25) is 0 Å². The van der Waals surface area contributed by atoms with Crippen LogP contribution in [0, 0.1) is 0 Å². The van der Waals surface area contributed by atoms with Gasteiger partial charge in [-0.25, -0.2) is 4.79 Å². The minimum atomic E-state index is -0.843. The van der Waals surface area contributed by atoms with Crippen LogP contribution in [0.15, 0.2) is 48.5 Å². The molecule has 0 aliphatic heterocycles. The number of hydrogen-bond donors (Lipinski definition) is 1. The third-order valence-electron chi connectivity index (χ3n) is 2.26. The van der Waals surface area contributed by atoms with Crippen molar-refractivity contribution in [2.24, 2.45) is 5.73 Å². The third kappa shape index (κ3) is 2.57. The Morgan fingerprint density at radius 2 is 1.59 bits per heavy atom. The van der Waals surface area contributed by atoms with Crippen molar-refractivity contribution in [3.63, 3.8) is 0 Å². The molecule has 4 heteroatoms. The van der Waals surface area contributed by atoms with Crippen LogP contribution in [-0.2, 0) is 0 Å². The second-order valence-electron chi connectivity index (χ2n) is 3.40. The molecule has 3 nitrogen and oxygen atoms in total. The van der Waals surface area contributed by atoms with Gasteiger partial charge in [0.2, 0.25) is 0 Å². The Bertz CT molecular complexity index is 555. The Hall–Kier alpha value is -2.00. The lowest BCUT2D eigenvalue weighted by atomic mass is 10.0. The van der Waals surface area contributed by atoms with E-state index in [1.54, 1.807) is 18.2 Å². The molecular weight excluding hydrogens is 238 g/mol. The highest BCUT2D eigenvalue weighted by Gasteiger charge is 2.10. The van der Waals surface area contributed by atoms with Crippen molar-refractivity contribution in [1.29, 1.82) is 0 Å². The van der Waals surface area contributed by atoms with Gasteiger partial charge in [0.05, 0.1) is 0 Å². The van der Waals surface area contributed by atoms with Gasteiger partial charge in [0.15, 0.2) is 0 Å². The van der Waals surface area contributed by atoms with Gasteiger partial charge in [0.25, 0.3) is 0 Å². The van der Waals surface area contributed by atoms with Crippen molar-refractivity contribution in [3.05, 3.63) is 53.6 Å². The summed E-state index contributed by atoms with van der Waals surface area (Å²) in [7, 11) is 0. The summed E-state index contributed by atoms with van der Waals surface area (Å²) >= 11 is 6.10. The first-order valence-corrected chi connectivity index (χ1v) is 5.37. The quantitative estimate of drug-likeness (QED) is 0.884. The minimum Gasteiger partial charge on any atom is -0.410 e. The molecule has 1 amide bonds. The summed E-state index contributed by atoms with van der Waals surface area (Å²) in [6, 6.07) is 14.4. The average molecular weight is 248 g/mol. The van der Waals surface area contributed by atoms with Crippen molar-refractivity contribution < 1.29 is 9.53 Å². The second-order valence-corrected chi connectivity index (χ2v) is 3.80. The molecule has 2 rings (SSSR count). The van der Waals surface area contributed by atoms with Gasteiger partial charge in [0, 0.05) is 16.1 Å². The first-order valence-electron chi connectivity index (χ1n) is 4.99. The van der Waals surface area contributed by atoms with Gasteiger partial charge >= 0.3 is 6.09 Å². The largest absolute Gasteiger partial charge is 0.410 e. The Labute approximate surface area is 104 Å². The summed E-state index contributed by atoms with van der Waals surface area (Å²) in [4.78, 5) is 10.8. The summed E-state index contributed by atoms with van der Waals surface area (Å²) < 4.78 is 4.93. The molecule has 0 spiro atoms. The molecule has 0 aliphatic carbocycles. The van der Waals surface area contributed by atoms with Gasteiger partial charge in [-0.15, -0.1) is 0 Å². The Balaban J connectivity index is 2.52. The number of primary amides is 1.